The highest BCUT2D eigenvalue weighted by molar-refractivity contribution is 6.02. The molecule has 0 atom stereocenters. The van der Waals surface area contributed by atoms with Crippen LogP contribution in [-0.2, 0) is 0 Å². The smallest absolute Gasteiger partial charge is 0.151 e. The first-order valence-corrected chi connectivity index (χ1v) is 6.41. The molecule has 1 heterocycles. The quantitative estimate of drug-likeness (QED) is 0.709. The molecule has 1 aromatic heterocycles. The molecule has 0 spiro atoms. The van der Waals surface area contributed by atoms with Crippen molar-refractivity contribution in [1.29, 1.82) is 0 Å². The standard InChI is InChI=1S/C17H14N2O/c1-12-8-9-18-17(10-12)19-11-15-14-5-3-2-4-13(14)6-7-16(15)20/h2-11,20H,1H3/b19-11+. The van der Waals surface area contributed by atoms with Gasteiger partial charge in [0.2, 0.25) is 0 Å². The normalized spacial score (nSPS) is 11.2. The molecule has 0 fully saturated rings. The summed E-state index contributed by atoms with van der Waals surface area (Å²) in [5.74, 6) is 0.859. The highest BCUT2D eigenvalue weighted by Gasteiger charge is 2.04. The summed E-state index contributed by atoms with van der Waals surface area (Å²) in [5, 5.41) is 12.1. The number of phenols is 1. The van der Waals surface area contributed by atoms with E-state index in [0.717, 1.165) is 16.3 Å². The van der Waals surface area contributed by atoms with Crippen LogP contribution in [0.3, 0.4) is 0 Å². The Morgan fingerprint density at radius 3 is 2.80 bits per heavy atom. The number of aryl methyl sites for hydroxylation is 1. The van der Waals surface area contributed by atoms with E-state index in [2.05, 4.69) is 9.98 Å². The molecule has 0 amide bonds. The molecule has 2 aromatic carbocycles. The van der Waals surface area contributed by atoms with Gasteiger partial charge < -0.3 is 5.11 Å². The third-order valence-electron chi connectivity index (χ3n) is 3.17. The SMILES string of the molecule is Cc1ccnc(/N=C/c2c(O)ccc3ccccc23)c1. The molecule has 0 aliphatic heterocycles. The van der Waals surface area contributed by atoms with Gasteiger partial charge in [-0.3, -0.25) is 0 Å². The zero-order valence-corrected chi connectivity index (χ0v) is 11.1. The van der Waals surface area contributed by atoms with Gasteiger partial charge in [0.05, 0.1) is 0 Å². The van der Waals surface area contributed by atoms with E-state index in [0.29, 0.717) is 11.4 Å². The van der Waals surface area contributed by atoms with E-state index in [1.165, 1.54) is 0 Å². The van der Waals surface area contributed by atoms with Crippen LogP contribution >= 0.6 is 0 Å². The van der Waals surface area contributed by atoms with Crippen LogP contribution < -0.4 is 0 Å². The van der Waals surface area contributed by atoms with Crippen LogP contribution in [0.4, 0.5) is 5.82 Å². The Morgan fingerprint density at radius 1 is 1.10 bits per heavy atom. The van der Waals surface area contributed by atoms with Crippen molar-refractivity contribution in [3.8, 4) is 5.75 Å². The van der Waals surface area contributed by atoms with Crippen molar-refractivity contribution in [3.05, 3.63) is 65.9 Å². The van der Waals surface area contributed by atoms with Crippen molar-refractivity contribution in [3.63, 3.8) is 0 Å². The van der Waals surface area contributed by atoms with E-state index in [4.69, 9.17) is 0 Å². The maximum Gasteiger partial charge on any atom is 0.151 e. The highest BCUT2D eigenvalue weighted by Crippen LogP contribution is 2.26. The fourth-order valence-electron chi connectivity index (χ4n) is 2.14. The van der Waals surface area contributed by atoms with Gasteiger partial charge in [-0.15, -0.1) is 0 Å². The number of fused-ring (bicyclic) bond motifs is 1. The Hall–Kier alpha value is -2.68. The van der Waals surface area contributed by atoms with Crippen LogP contribution in [0.15, 0.2) is 59.7 Å². The minimum Gasteiger partial charge on any atom is -0.507 e. The van der Waals surface area contributed by atoms with Gasteiger partial charge in [0.1, 0.15) is 5.75 Å². The first-order valence-electron chi connectivity index (χ1n) is 6.41. The van der Waals surface area contributed by atoms with E-state index in [1.807, 2.05) is 49.4 Å². The lowest BCUT2D eigenvalue weighted by molar-refractivity contribution is 0.475. The second-order valence-electron chi connectivity index (χ2n) is 4.67. The summed E-state index contributed by atoms with van der Waals surface area (Å²) in [6, 6.07) is 15.3. The van der Waals surface area contributed by atoms with E-state index >= 15 is 0 Å². The summed E-state index contributed by atoms with van der Waals surface area (Å²) in [6.07, 6.45) is 3.39. The van der Waals surface area contributed by atoms with Crippen LogP contribution in [-0.4, -0.2) is 16.3 Å². The first-order chi connectivity index (χ1) is 9.74. The molecular formula is C17H14N2O. The molecule has 0 aliphatic carbocycles. The number of aromatic nitrogens is 1. The molecule has 20 heavy (non-hydrogen) atoms. The van der Waals surface area contributed by atoms with Crippen LogP contribution in [0.5, 0.6) is 5.75 Å². The molecule has 98 valence electrons. The minimum atomic E-state index is 0.222. The van der Waals surface area contributed by atoms with Gasteiger partial charge >= 0.3 is 0 Å². The molecule has 0 unspecified atom stereocenters. The average molecular weight is 262 g/mol. The molecule has 0 radical (unpaired) electrons. The average Bonchev–Trinajstić information content (AvgIpc) is 2.46. The number of pyridine rings is 1. The Morgan fingerprint density at radius 2 is 1.95 bits per heavy atom. The second kappa shape index (κ2) is 5.13. The van der Waals surface area contributed by atoms with Crippen LogP contribution in [0.2, 0.25) is 0 Å². The third-order valence-corrected chi connectivity index (χ3v) is 3.17. The van der Waals surface area contributed by atoms with Gasteiger partial charge in [0.15, 0.2) is 5.82 Å². The summed E-state index contributed by atoms with van der Waals surface area (Å²) in [5.41, 5.74) is 1.82. The summed E-state index contributed by atoms with van der Waals surface area (Å²) in [7, 11) is 0. The number of benzene rings is 2. The van der Waals surface area contributed by atoms with E-state index in [9.17, 15) is 5.11 Å². The molecule has 3 rings (SSSR count). The predicted molar refractivity (Wildman–Crippen MR) is 81.8 cm³/mol. The zero-order chi connectivity index (χ0) is 13.9. The van der Waals surface area contributed by atoms with Crippen molar-refractivity contribution in [1.82, 2.24) is 4.98 Å². The fraction of sp³-hybridized carbons (Fsp3) is 0.0588. The third kappa shape index (κ3) is 2.38. The van der Waals surface area contributed by atoms with Gasteiger partial charge in [0, 0.05) is 18.0 Å². The minimum absolute atomic E-state index is 0.222. The summed E-state index contributed by atoms with van der Waals surface area (Å²) in [4.78, 5) is 8.54. The monoisotopic (exact) mass is 262 g/mol. The number of rotatable bonds is 2. The van der Waals surface area contributed by atoms with Gasteiger partial charge in [0.25, 0.3) is 0 Å². The van der Waals surface area contributed by atoms with Crippen molar-refractivity contribution in [2.45, 2.75) is 6.92 Å². The van der Waals surface area contributed by atoms with Gasteiger partial charge in [-0.25, -0.2) is 9.98 Å². The highest BCUT2D eigenvalue weighted by atomic mass is 16.3. The Bertz CT molecular complexity index is 794. The molecule has 0 bridgehead atoms. The maximum atomic E-state index is 10.0. The molecule has 0 aliphatic rings. The number of hydrogen-bond acceptors (Lipinski definition) is 3. The van der Waals surface area contributed by atoms with Crippen molar-refractivity contribution in [2.24, 2.45) is 4.99 Å². The van der Waals surface area contributed by atoms with Gasteiger partial charge in [-0.2, -0.15) is 0 Å². The molecule has 3 nitrogen and oxygen atoms in total. The molecule has 3 heteroatoms. The second-order valence-corrected chi connectivity index (χ2v) is 4.67. The number of phenolic OH excluding ortho intramolecular Hbond substituents is 1. The molecule has 1 N–H and O–H groups in total. The molecule has 0 saturated carbocycles. The Balaban J connectivity index is 2.08. The summed E-state index contributed by atoms with van der Waals surface area (Å²) < 4.78 is 0. The van der Waals surface area contributed by atoms with Crippen molar-refractivity contribution in [2.75, 3.05) is 0 Å². The lowest BCUT2D eigenvalue weighted by atomic mass is 10.0. The van der Waals surface area contributed by atoms with Crippen LogP contribution in [0.1, 0.15) is 11.1 Å². The van der Waals surface area contributed by atoms with Crippen molar-refractivity contribution < 1.29 is 5.11 Å². The van der Waals surface area contributed by atoms with Gasteiger partial charge in [-0.1, -0.05) is 30.3 Å². The van der Waals surface area contributed by atoms with Crippen LogP contribution in [0, 0.1) is 6.92 Å². The van der Waals surface area contributed by atoms with Crippen molar-refractivity contribution >= 4 is 22.8 Å². The van der Waals surface area contributed by atoms with Gasteiger partial charge in [-0.05, 0) is 41.5 Å². The summed E-state index contributed by atoms with van der Waals surface area (Å²) in [6.45, 7) is 2.00. The molecule has 3 aromatic rings. The number of nitrogens with zero attached hydrogens (tertiary/aromatic N) is 2. The molecular weight excluding hydrogens is 248 g/mol. The number of aliphatic imine (C=N–C) groups is 1. The largest absolute Gasteiger partial charge is 0.507 e. The number of aromatic hydroxyl groups is 1. The molecule has 0 saturated heterocycles. The first kappa shape index (κ1) is 12.4. The Kier molecular flexibility index (Phi) is 3.17. The van der Waals surface area contributed by atoms with Crippen LogP contribution in [0.25, 0.3) is 10.8 Å². The zero-order valence-electron chi connectivity index (χ0n) is 11.1. The lowest BCUT2D eigenvalue weighted by Crippen LogP contribution is -1.86. The topological polar surface area (TPSA) is 45.5 Å². The predicted octanol–water partition coefficient (Wildman–Crippen LogP) is 4.00. The fourth-order valence-corrected chi connectivity index (χ4v) is 2.14. The maximum absolute atomic E-state index is 10.0. The van der Waals surface area contributed by atoms with E-state index in [-0.39, 0.29) is 5.75 Å². The Labute approximate surface area is 117 Å². The number of hydrogen-bond donors (Lipinski definition) is 1. The van der Waals surface area contributed by atoms with E-state index in [1.54, 1.807) is 18.5 Å². The summed E-state index contributed by atoms with van der Waals surface area (Å²) >= 11 is 0. The van der Waals surface area contributed by atoms with E-state index < -0.39 is 0 Å². The lowest BCUT2D eigenvalue weighted by Gasteiger charge is -2.04.